The first-order chi connectivity index (χ1) is 14.8. The first-order valence-corrected chi connectivity index (χ1v) is 10.5. The average Bonchev–Trinajstić information content (AvgIpc) is 3.13. The van der Waals surface area contributed by atoms with Crippen LogP contribution in [0.5, 0.6) is 0 Å². The smallest absolute Gasteiger partial charge is 0.274 e. The molecule has 0 aliphatic heterocycles. The van der Waals surface area contributed by atoms with Crippen molar-refractivity contribution in [2.24, 2.45) is 13.0 Å². The highest BCUT2D eigenvalue weighted by molar-refractivity contribution is 6.04. The van der Waals surface area contributed by atoms with Crippen molar-refractivity contribution in [2.45, 2.75) is 39.8 Å². The monoisotopic (exact) mass is 417 g/mol. The second-order valence-corrected chi connectivity index (χ2v) is 8.44. The Morgan fingerprint density at radius 2 is 1.61 bits per heavy atom. The minimum absolute atomic E-state index is 0.0945. The number of aromatic nitrogens is 4. The molecule has 160 valence electrons. The van der Waals surface area contributed by atoms with Gasteiger partial charge in [0.05, 0.1) is 22.5 Å². The number of nitrogens with one attached hydrogen (secondary N) is 1. The molecule has 0 fully saturated rings. The summed E-state index contributed by atoms with van der Waals surface area (Å²) in [7, 11) is 1.56. The molecule has 2 aromatic carbocycles. The molecule has 0 bridgehead atoms. The summed E-state index contributed by atoms with van der Waals surface area (Å²) in [5.41, 5.74) is 1.94. The Balaban J connectivity index is 1.81. The van der Waals surface area contributed by atoms with E-state index < -0.39 is 0 Å². The van der Waals surface area contributed by atoms with Crippen LogP contribution in [0.4, 0.5) is 0 Å². The zero-order valence-electron chi connectivity index (χ0n) is 18.5. The van der Waals surface area contributed by atoms with Gasteiger partial charge in [-0.15, -0.1) is 0 Å². The SMILES string of the molecule is CC(C)[C@@H](NC(=O)c1nn(C)c(=O)c2ccccc12)c1nc2ccccc2n1C(C)C. The van der Waals surface area contributed by atoms with Crippen molar-refractivity contribution < 1.29 is 4.79 Å². The summed E-state index contributed by atoms with van der Waals surface area (Å²) in [5.74, 6) is 0.582. The summed E-state index contributed by atoms with van der Waals surface area (Å²) in [5, 5.41) is 8.43. The lowest BCUT2D eigenvalue weighted by atomic mass is 10.0. The highest BCUT2D eigenvalue weighted by atomic mass is 16.2. The highest BCUT2D eigenvalue weighted by Gasteiger charge is 2.27. The first-order valence-electron chi connectivity index (χ1n) is 10.5. The summed E-state index contributed by atoms with van der Waals surface area (Å²) < 4.78 is 3.39. The highest BCUT2D eigenvalue weighted by Crippen LogP contribution is 2.29. The van der Waals surface area contributed by atoms with E-state index in [9.17, 15) is 9.59 Å². The molecule has 2 heterocycles. The van der Waals surface area contributed by atoms with E-state index in [1.165, 1.54) is 4.68 Å². The molecule has 1 N–H and O–H groups in total. The fourth-order valence-corrected chi connectivity index (χ4v) is 4.03. The topological polar surface area (TPSA) is 81.8 Å². The van der Waals surface area contributed by atoms with Gasteiger partial charge in [-0.25, -0.2) is 9.67 Å². The van der Waals surface area contributed by atoms with Gasteiger partial charge in [-0.05, 0) is 38.0 Å². The van der Waals surface area contributed by atoms with Crippen LogP contribution in [0, 0.1) is 5.92 Å². The normalized spacial score (nSPS) is 12.7. The van der Waals surface area contributed by atoms with E-state index in [2.05, 4.69) is 42.7 Å². The van der Waals surface area contributed by atoms with Crippen molar-refractivity contribution in [3.63, 3.8) is 0 Å². The number of carbonyl (C=O) groups is 1. The lowest BCUT2D eigenvalue weighted by Crippen LogP contribution is -2.36. The zero-order chi connectivity index (χ0) is 22.3. The Labute approximate surface area is 180 Å². The summed E-state index contributed by atoms with van der Waals surface area (Å²) in [4.78, 5) is 30.7. The van der Waals surface area contributed by atoms with E-state index in [-0.39, 0.29) is 35.2 Å². The predicted octanol–water partition coefficient (Wildman–Crippen LogP) is 3.99. The molecule has 0 aliphatic rings. The van der Waals surface area contributed by atoms with Crippen molar-refractivity contribution >= 4 is 27.7 Å². The molecule has 1 amide bonds. The van der Waals surface area contributed by atoms with Gasteiger partial charge in [0, 0.05) is 18.5 Å². The van der Waals surface area contributed by atoms with E-state index in [1.54, 1.807) is 31.3 Å². The fraction of sp³-hybridized carbons (Fsp3) is 0.333. The Morgan fingerprint density at radius 1 is 0.968 bits per heavy atom. The largest absolute Gasteiger partial charge is 0.340 e. The van der Waals surface area contributed by atoms with Crippen LogP contribution < -0.4 is 10.9 Å². The molecule has 0 radical (unpaired) electrons. The van der Waals surface area contributed by atoms with E-state index >= 15 is 0 Å². The van der Waals surface area contributed by atoms with Crippen molar-refractivity contribution in [3.05, 3.63) is 70.4 Å². The number of aryl methyl sites for hydroxylation is 1. The molecule has 0 spiro atoms. The van der Waals surface area contributed by atoms with Gasteiger partial charge < -0.3 is 9.88 Å². The number of hydrogen-bond acceptors (Lipinski definition) is 4. The third-order valence-corrected chi connectivity index (χ3v) is 5.54. The summed E-state index contributed by atoms with van der Waals surface area (Å²) in [6, 6.07) is 14.9. The molecule has 2 aromatic heterocycles. The number of imidazole rings is 1. The molecule has 0 unspecified atom stereocenters. The van der Waals surface area contributed by atoms with Crippen LogP contribution >= 0.6 is 0 Å². The van der Waals surface area contributed by atoms with Crippen molar-refractivity contribution in [2.75, 3.05) is 0 Å². The third kappa shape index (κ3) is 3.60. The number of amides is 1. The number of rotatable bonds is 5. The van der Waals surface area contributed by atoms with Crippen LogP contribution in [0.2, 0.25) is 0 Å². The lowest BCUT2D eigenvalue weighted by Gasteiger charge is -2.25. The maximum atomic E-state index is 13.4. The fourth-order valence-electron chi connectivity index (χ4n) is 4.03. The molecule has 0 aliphatic carbocycles. The molecule has 7 heteroatoms. The minimum Gasteiger partial charge on any atom is -0.340 e. The summed E-state index contributed by atoms with van der Waals surface area (Å²) >= 11 is 0. The number of para-hydroxylation sites is 2. The summed E-state index contributed by atoms with van der Waals surface area (Å²) in [6.45, 7) is 8.33. The van der Waals surface area contributed by atoms with Crippen LogP contribution in [-0.2, 0) is 7.05 Å². The van der Waals surface area contributed by atoms with Gasteiger partial charge in [-0.3, -0.25) is 9.59 Å². The van der Waals surface area contributed by atoms with Crippen LogP contribution in [-0.4, -0.2) is 25.2 Å². The maximum Gasteiger partial charge on any atom is 0.274 e. The predicted molar refractivity (Wildman–Crippen MR) is 122 cm³/mol. The summed E-state index contributed by atoms with van der Waals surface area (Å²) in [6.07, 6.45) is 0. The van der Waals surface area contributed by atoms with Crippen LogP contribution in [0.3, 0.4) is 0 Å². The molecule has 7 nitrogen and oxygen atoms in total. The van der Waals surface area contributed by atoms with E-state index in [4.69, 9.17) is 4.98 Å². The molecule has 0 saturated carbocycles. The van der Waals surface area contributed by atoms with Crippen molar-refractivity contribution in [3.8, 4) is 0 Å². The lowest BCUT2D eigenvalue weighted by molar-refractivity contribution is 0.0916. The second-order valence-electron chi connectivity index (χ2n) is 8.44. The number of carbonyl (C=O) groups excluding carboxylic acids is 1. The molecular formula is C24H27N5O2. The maximum absolute atomic E-state index is 13.4. The van der Waals surface area contributed by atoms with Crippen molar-refractivity contribution in [1.29, 1.82) is 0 Å². The number of fused-ring (bicyclic) bond motifs is 2. The minimum atomic E-state index is -0.326. The molecule has 0 saturated heterocycles. The van der Waals surface area contributed by atoms with Gasteiger partial charge in [-0.1, -0.05) is 44.2 Å². The van der Waals surface area contributed by atoms with Gasteiger partial charge in [-0.2, -0.15) is 5.10 Å². The molecule has 4 rings (SSSR count). The Hall–Kier alpha value is -3.48. The third-order valence-electron chi connectivity index (χ3n) is 5.54. The number of hydrogen-bond donors (Lipinski definition) is 1. The zero-order valence-corrected chi connectivity index (χ0v) is 18.5. The van der Waals surface area contributed by atoms with Crippen LogP contribution in [0.15, 0.2) is 53.3 Å². The van der Waals surface area contributed by atoms with E-state index in [0.717, 1.165) is 16.9 Å². The van der Waals surface area contributed by atoms with Gasteiger partial charge in [0.25, 0.3) is 11.5 Å². The van der Waals surface area contributed by atoms with E-state index in [1.807, 2.05) is 24.3 Å². The first kappa shape index (κ1) is 20.8. The van der Waals surface area contributed by atoms with Crippen LogP contribution in [0.1, 0.15) is 56.1 Å². The van der Waals surface area contributed by atoms with E-state index in [0.29, 0.717) is 10.8 Å². The molecule has 31 heavy (non-hydrogen) atoms. The van der Waals surface area contributed by atoms with Gasteiger partial charge in [0.2, 0.25) is 0 Å². The Bertz CT molecular complexity index is 1330. The van der Waals surface area contributed by atoms with Gasteiger partial charge in [0.1, 0.15) is 5.82 Å². The van der Waals surface area contributed by atoms with Crippen LogP contribution in [0.25, 0.3) is 21.8 Å². The Morgan fingerprint density at radius 3 is 2.29 bits per heavy atom. The average molecular weight is 418 g/mol. The number of benzene rings is 2. The quantitative estimate of drug-likeness (QED) is 0.532. The van der Waals surface area contributed by atoms with Crippen molar-refractivity contribution in [1.82, 2.24) is 24.6 Å². The Kier molecular flexibility index (Phi) is 5.35. The van der Waals surface area contributed by atoms with Gasteiger partial charge >= 0.3 is 0 Å². The molecular weight excluding hydrogens is 390 g/mol. The van der Waals surface area contributed by atoms with Gasteiger partial charge in [0.15, 0.2) is 5.69 Å². The second kappa shape index (κ2) is 7.98. The number of nitrogens with zero attached hydrogens (tertiary/aromatic N) is 4. The molecule has 4 aromatic rings. The standard InChI is InChI=1S/C24H27N5O2/c1-14(2)20(22-25-18-12-8-9-13-19(18)29(22)15(3)4)26-23(30)21-16-10-6-7-11-17(16)24(31)28(5)27-21/h6-15,20H,1-5H3,(H,26,30)/t20-/m1/s1. The molecule has 1 atom stereocenters.